The van der Waals surface area contributed by atoms with Crippen LogP contribution in [-0.4, -0.2) is 30.3 Å². The first-order valence-corrected chi connectivity index (χ1v) is 9.94. The van der Waals surface area contributed by atoms with Crippen LogP contribution in [0.25, 0.3) is 11.1 Å². The Kier molecular flexibility index (Phi) is 6.24. The number of benzene rings is 1. The molecule has 0 saturated carbocycles. The van der Waals surface area contributed by atoms with Crippen LogP contribution in [0.2, 0.25) is 0 Å². The Balaban J connectivity index is 1.59. The molecule has 1 fully saturated rings. The molecule has 3 rings (SSSR count). The van der Waals surface area contributed by atoms with Gasteiger partial charge in [0.2, 0.25) is 0 Å². The number of thiocarbonyl (C=S) groups is 1. The van der Waals surface area contributed by atoms with E-state index in [1.807, 2.05) is 31.4 Å². The van der Waals surface area contributed by atoms with Gasteiger partial charge in [0.1, 0.15) is 0 Å². The van der Waals surface area contributed by atoms with Crippen molar-refractivity contribution in [2.45, 2.75) is 32.8 Å². The number of rotatable bonds is 4. The monoisotopic (exact) mass is 389 g/mol. The summed E-state index contributed by atoms with van der Waals surface area (Å²) in [5.41, 5.74) is 9.30. The van der Waals surface area contributed by atoms with Crippen molar-refractivity contribution >= 4 is 34.6 Å². The summed E-state index contributed by atoms with van der Waals surface area (Å²) >= 11 is 6.78. The van der Waals surface area contributed by atoms with Crippen LogP contribution in [-0.2, 0) is 4.74 Å². The molecule has 2 aromatic rings. The summed E-state index contributed by atoms with van der Waals surface area (Å²) in [5.74, 6) is -0.203. The highest BCUT2D eigenvalue weighted by Crippen LogP contribution is 2.32. The SMILES string of the molecule is Cc1ccc(-c2c(C(=O)NNC(=S)NC[C@H]3CCCO3)csc2C)cc1. The number of carbonyl (C=O) groups is 1. The van der Waals surface area contributed by atoms with Crippen molar-refractivity contribution < 1.29 is 9.53 Å². The molecule has 1 amide bonds. The maximum Gasteiger partial charge on any atom is 0.271 e. The second-order valence-electron chi connectivity index (χ2n) is 6.37. The number of ether oxygens (including phenoxy) is 1. The van der Waals surface area contributed by atoms with Crippen LogP contribution in [0.3, 0.4) is 0 Å². The quantitative estimate of drug-likeness (QED) is 0.553. The number of thiophene rings is 1. The van der Waals surface area contributed by atoms with Gasteiger partial charge >= 0.3 is 0 Å². The lowest BCUT2D eigenvalue weighted by Gasteiger charge is -2.14. The van der Waals surface area contributed by atoms with Crippen LogP contribution in [0, 0.1) is 13.8 Å². The number of nitrogens with one attached hydrogen (secondary N) is 3. The Bertz CT molecular complexity index is 781. The normalized spacial score (nSPS) is 16.3. The molecule has 0 bridgehead atoms. The molecular weight excluding hydrogens is 366 g/mol. The van der Waals surface area contributed by atoms with E-state index in [0.29, 0.717) is 17.2 Å². The fraction of sp³-hybridized carbons (Fsp3) is 0.368. The van der Waals surface area contributed by atoms with Crippen molar-refractivity contribution in [2.75, 3.05) is 13.2 Å². The third kappa shape index (κ3) is 4.60. The minimum absolute atomic E-state index is 0.193. The van der Waals surface area contributed by atoms with E-state index < -0.39 is 0 Å². The molecule has 0 aliphatic carbocycles. The Morgan fingerprint density at radius 2 is 2.04 bits per heavy atom. The third-order valence-corrected chi connectivity index (χ3v) is 5.52. The van der Waals surface area contributed by atoms with Gasteiger partial charge in [-0.15, -0.1) is 11.3 Å². The van der Waals surface area contributed by atoms with Gasteiger partial charge in [-0.25, -0.2) is 0 Å². The van der Waals surface area contributed by atoms with Gasteiger partial charge in [-0.3, -0.25) is 15.6 Å². The molecule has 0 spiro atoms. The molecule has 1 saturated heterocycles. The van der Waals surface area contributed by atoms with E-state index in [4.69, 9.17) is 17.0 Å². The Hall–Kier alpha value is -1.96. The lowest BCUT2D eigenvalue weighted by atomic mass is 10.0. The Labute approximate surface area is 163 Å². The number of hydrogen-bond donors (Lipinski definition) is 3. The summed E-state index contributed by atoms with van der Waals surface area (Å²) in [6, 6.07) is 8.19. The first-order valence-electron chi connectivity index (χ1n) is 8.65. The molecule has 2 heterocycles. The standard InChI is InChI=1S/C19H23N3O2S2/c1-12-5-7-14(8-6-12)17-13(2)26-11-16(17)18(23)21-22-19(25)20-10-15-4-3-9-24-15/h5-8,11,15H,3-4,9-10H2,1-2H3,(H,21,23)(H2,20,22,25)/t15-/m1/s1. The molecule has 0 unspecified atom stereocenters. The molecular formula is C19H23N3O2S2. The van der Waals surface area contributed by atoms with Crippen molar-refractivity contribution in [1.29, 1.82) is 0 Å². The molecule has 7 heteroatoms. The first kappa shape index (κ1) is 18.8. The molecule has 5 nitrogen and oxygen atoms in total. The molecule has 26 heavy (non-hydrogen) atoms. The lowest BCUT2D eigenvalue weighted by Crippen LogP contribution is -2.48. The topological polar surface area (TPSA) is 62.4 Å². The zero-order chi connectivity index (χ0) is 18.5. The van der Waals surface area contributed by atoms with Crippen LogP contribution >= 0.6 is 23.6 Å². The van der Waals surface area contributed by atoms with Crippen LogP contribution in [0.4, 0.5) is 0 Å². The van der Waals surface area contributed by atoms with E-state index in [-0.39, 0.29) is 12.0 Å². The van der Waals surface area contributed by atoms with E-state index in [1.54, 1.807) is 11.3 Å². The van der Waals surface area contributed by atoms with Gasteiger partial charge in [-0.05, 0) is 44.5 Å². The zero-order valence-corrected chi connectivity index (χ0v) is 16.6. The summed E-state index contributed by atoms with van der Waals surface area (Å²) < 4.78 is 5.54. The Morgan fingerprint density at radius 1 is 1.27 bits per heavy atom. The number of aryl methyl sites for hydroxylation is 2. The highest BCUT2D eigenvalue weighted by Gasteiger charge is 2.18. The van der Waals surface area contributed by atoms with Crippen molar-refractivity contribution in [2.24, 2.45) is 0 Å². The molecule has 1 aromatic carbocycles. The van der Waals surface area contributed by atoms with Gasteiger partial charge in [-0.2, -0.15) is 0 Å². The number of amides is 1. The summed E-state index contributed by atoms with van der Waals surface area (Å²) in [5, 5.41) is 5.34. The Morgan fingerprint density at radius 3 is 2.73 bits per heavy atom. The molecule has 1 aliphatic rings. The fourth-order valence-corrected chi connectivity index (χ4v) is 3.94. The van der Waals surface area contributed by atoms with Gasteiger partial charge < -0.3 is 10.1 Å². The molecule has 1 aliphatic heterocycles. The maximum atomic E-state index is 12.6. The third-order valence-electron chi connectivity index (χ3n) is 4.36. The molecule has 3 N–H and O–H groups in total. The van der Waals surface area contributed by atoms with E-state index in [2.05, 4.69) is 28.3 Å². The fourth-order valence-electron chi connectivity index (χ4n) is 2.94. The van der Waals surface area contributed by atoms with Gasteiger partial charge in [0.05, 0.1) is 11.7 Å². The van der Waals surface area contributed by atoms with Crippen molar-refractivity contribution in [1.82, 2.24) is 16.2 Å². The van der Waals surface area contributed by atoms with Crippen molar-refractivity contribution in [3.63, 3.8) is 0 Å². The minimum Gasteiger partial charge on any atom is -0.376 e. The lowest BCUT2D eigenvalue weighted by molar-refractivity contribution is 0.0944. The van der Waals surface area contributed by atoms with Crippen molar-refractivity contribution in [3.05, 3.63) is 45.6 Å². The average molecular weight is 390 g/mol. The van der Waals surface area contributed by atoms with Gasteiger partial charge in [0, 0.05) is 29.0 Å². The molecule has 1 aromatic heterocycles. The number of hydrogen-bond acceptors (Lipinski definition) is 4. The van der Waals surface area contributed by atoms with E-state index in [0.717, 1.165) is 35.5 Å². The van der Waals surface area contributed by atoms with Crippen LogP contribution in [0.1, 0.15) is 33.6 Å². The second-order valence-corrected chi connectivity index (χ2v) is 7.86. The highest BCUT2D eigenvalue weighted by molar-refractivity contribution is 7.80. The largest absolute Gasteiger partial charge is 0.376 e. The smallest absolute Gasteiger partial charge is 0.271 e. The van der Waals surface area contributed by atoms with Gasteiger partial charge in [-0.1, -0.05) is 29.8 Å². The summed E-state index contributed by atoms with van der Waals surface area (Å²) in [6.45, 7) is 5.53. The number of hydrazine groups is 1. The van der Waals surface area contributed by atoms with E-state index >= 15 is 0 Å². The van der Waals surface area contributed by atoms with Crippen LogP contribution in [0.15, 0.2) is 29.6 Å². The van der Waals surface area contributed by atoms with Gasteiger partial charge in [0.25, 0.3) is 5.91 Å². The van der Waals surface area contributed by atoms with Crippen molar-refractivity contribution in [3.8, 4) is 11.1 Å². The minimum atomic E-state index is -0.203. The summed E-state index contributed by atoms with van der Waals surface area (Å²) in [7, 11) is 0. The summed E-state index contributed by atoms with van der Waals surface area (Å²) in [4.78, 5) is 13.7. The maximum absolute atomic E-state index is 12.6. The molecule has 138 valence electrons. The van der Waals surface area contributed by atoms with Gasteiger partial charge in [0.15, 0.2) is 5.11 Å². The second kappa shape index (κ2) is 8.62. The zero-order valence-electron chi connectivity index (χ0n) is 14.9. The molecule has 1 atom stereocenters. The summed E-state index contributed by atoms with van der Waals surface area (Å²) in [6.07, 6.45) is 2.32. The first-order chi connectivity index (χ1) is 12.5. The van der Waals surface area contributed by atoms with E-state index in [9.17, 15) is 4.79 Å². The number of carbonyl (C=O) groups excluding carboxylic acids is 1. The van der Waals surface area contributed by atoms with Crippen LogP contribution < -0.4 is 16.2 Å². The average Bonchev–Trinajstić information content (AvgIpc) is 3.28. The van der Waals surface area contributed by atoms with Crippen LogP contribution in [0.5, 0.6) is 0 Å². The highest BCUT2D eigenvalue weighted by atomic mass is 32.1. The molecule has 0 radical (unpaired) electrons. The predicted molar refractivity (Wildman–Crippen MR) is 109 cm³/mol. The van der Waals surface area contributed by atoms with E-state index in [1.165, 1.54) is 5.56 Å². The predicted octanol–water partition coefficient (Wildman–Crippen LogP) is 3.32.